The van der Waals surface area contributed by atoms with Crippen LogP contribution >= 0.6 is 11.6 Å². The van der Waals surface area contributed by atoms with E-state index in [1.54, 1.807) is 0 Å². The number of amides is 2. The van der Waals surface area contributed by atoms with Crippen LogP contribution in [0.25, 0.3) is 0 Å². The lowest BCUT2D eigenvalue weighted by Crippen LogP contribution is -2.52. The molecule has 0 atom stereocenters. The van der Waals surface area contributed by atoms with Gasteiger partial charge in [0, 0.05) is 50.7 Å². The number of carbonyl (C=O) groups is 2. The van der Waals surface area contributed by atoms with Crippen molar-refractivity contribution < 1.29 is 9.59 Å². The minimum atomic E-state index is 0.0118. The average molecular weight is 426 g/mol. The molecule has 2 aliphatic heterocycles. The third kappa shape index (κ3) is 4.31. The van der Waals surface area contributed by atoms with E-state index in [-0.39, 0.29) is 17.7 Å². The van der Waals surface area contributed by atoms with Crippen LogP contribution in [0.1, 0.15) is 28.8 Å². The van der Waals surface area contributed by atoms with Gasteiger partial charge in [0.25, 0.3) is 5.91 Å². The number of hydrogen-bond acceptors (Lipinski definition) is 3. The lowest BCUT2D eigenvalue weighted by atomic mass is 9.94. The van der Waals surface area contributed by atoms with E-state index in [0.29, 0.717) is 26.2 Å². The zero-order valence-corrected chi connectivity index (χ0v) is 18.1. The summed E-state index contributed by atoms with van der Waals surface area (Å²) in [6.07, 6.45) is 1.47. The van der Waals surface area contributed by atoms with Gasteiger partial charge in [0.1, 0.15) is 0 Å². The molecule has 2 aliphatic rings. The van der Waals surface area contributed by atoms with Crippen molar-refractivity contribution >= 4 is 29.1 Å². The SMILES string of the molecule is Cc1ccccc1C(=O)N1CCC(C(=O)N2CCN(c3ccccc3Cl)CC2)CC1. The summed E-state index contributed by atoms with van der Waals surface area (Å²) < 4.78 is 0. The molecule has 30 heavy (non-hydrogen) atoms. The fourth-order valence-electron chi connectivity index (χ4n) is 4.45. The van der Waals surface area contributed by atoms with Gasteiger partial charge in [-0.25, -0.2) is 0 Å². The summed E-state index contributed by atoms with van der Waals surface area (Å²) in [5.74, 6) is 0.321. The second-order valence-electron chi connectivity index (χ2n) is 8.15. The zero-order chi connectivity index (χ0) is 21.1. The molecule has 5 nitrogen and oxygen atoms in total. The van der Waals surface area contributed by atoms with Crippen molar-refractivity contribution in [2.45, 2.75) is 19.8 Å². The highest BCUT2D eigenvalue weighted by molar-refractivity contribution is 6.33. The van der Waals surface area contributed by atoms with Crippen LogP contribution < -0.4 is 4.90 Å². The van der Waals surface area contributed by atoms with Gasteiger partial charge in [0.05, 0.1) is 10.7 Å². The molecule has 2 saturated heterocycles. The molecule has 6 heteroatoms. The van der Waals surface area contributed by atoms with Crippen LogP contribution in [0.2, 0.25) is 5.02 Å². The summed E-state index contributed by atoms with van der Waals surface area (Å²) in [6, 6.07) is 15.6. The first-order valence-corrected chi connectivity index (χ1v) is 11.1. The molecular weight excluding hydrogens is 398 g/mol. The number of rotatable bonds is 3. The van der Waals surface area contributed by atoms with Gasteiger partial charge in [-0.05, 0) is 43.5 Å². The quantitative estimate of drug-likeness (QED) is 0.750. The van der Waals surface area contributed by atoms with E-state index in [4.69, 9.17) is 11.6 Å². The molecule has 158 valence electrons. The Balaban J connectivity index is 1.29. The molecule has 0 aliphatic carbocycles. The minimum Gasteiger partial charge on any atom is -0.367 e. The Morgan fingerprint density at radius 2 is 1.47 bits per heavy atom. The van der Waals surface area contributed by atoms with Crippen molar-refractivity contribution in [2.75, 3.05) is 44.2 Å². The minimum absolute atomic E-state index is 0.0118. The summed E-state index contributed by atoms with van der Waals surface area (Å²) in [5.41, 5.74) is 2.80. The van der Waals surface area contributed by atoms with E-state index in [9.17, 15) is 9.59 Å². The molecule has 0 saturated carbocycles. The number of para-hydroxylation sites is 1. The zero-order valence-electron chi connectivity index (χ0n) is 17.4. The molecule has 2 aromatic rings. The maximum atomic E-state index is 13.0. The van der Waals surface area contributed by atoms with Crippen LogP contribution in [0.3, 0.4) is 0 Å². The maximum Gasteiger partial charge on any atom is 0.254 e. The summed E-state index contributed by atoms with van der Waals surface area (Å²) in [5, 5.41) is 0.753. The Bertz CT molecular complexity index is 916. The van der Waals surface area contributed by atoms with Crippen LogP contribution in [0.5, 0.6) is 0 Å². The topological polar surface area (TPSA) is 43.9 Å². The number of benzene rings is 2. The number of aryl methyl sites for hydroxylation is 1. The van der Waals surface area contributed by atoms with Gasteiger partial charge in [0.2, 0.25) is 5.91 Å². The van der Waals surface area contributed by atoms with Gasteiger partial charge in [-0.3, -0.25) is 9.59 Å². The Hall–Kier alpha value is -2.53. The maximum absolute atomic E-state index is 13.0. The molecular formula is C24H28ClN3O2. The molecule has 2 aromatic carbocycles. The van der Waals surface area contributed by atoms with Crippen molar-refractivity contribution in [3.05, 3.63) is 64.7 Å². The smallest absolute Gasteiger partial charge is 0.254 e. The number of piperazine rings is 1. The Kier molecular flexibility index (Phi) is 6.28. The largest absolute Gasteiger partial charge is 0.367 e. The highest BCUT2D eigenvalue weighted by Gasteiger charge is 2.32. The van der Waals surface area contributed by atoms with Crippen molar-refractivity contribution in [2.24, 2.45) is 5.92 Å². The van der Waals surface area contributed by atoms with E-state index < -0.39 is 0 Å². The van der Waals surface area contributed by atoms with Gasteiger partial charge in [-0.1, -0.05) is 41.9 Å². The summed E-state index contributed by atoms with van der Waals surface area (Å²) in [4.78, 5) is 32.0. The van der Waals surface area contributed by atoms with Crippen LogP contribution in [-0.2, 0) is 4.79 Å². The van der Waals surface area contributed by atoms with Crippen LogP contribution in [0.15, 0.2) is 48.5 Å². The summed E-state index contributed by atoms with van der Waals surface area (Å²) >= 11 is 6.32. The molecule has 0 unspecified atom stereocenters. The normalized spacial score (nSPS) is 17.9. The number of nitrogens with zero attached hydrogens (tertiary/aromatic N) is 3. The second kappa shape index (κ2) is 9.09. The Morgan fingerprint density at radius 1 is 0.833 bits per heavy atom. The van der Waals surface area contributed by atoms with Crippen LogP contribution in [0, 0.1) is 12.8 Å². The van der Waals surface area contributed by atoms with Gasteiger partial charge in [-0.15, -0.1) is 0 Å². The summed E-state index contributed by atoms with van der Waals surface area (Å²) in [6.45, 7) is 6.26. The van der Waals surface area contributed by atoms with E-state index in [0.717, 1.165) is 47.8 Å². The molecule has 0 N–H and O–H groups in total. The lowest BCUT2D eigenvalue weighted by molar-refractivity contribution is -0.137. The molecule has 0 spiro atoms. The number of hydrogen-bond donors (Lipinski definition) is 0. The number of carbonyl (C=O) groups excluding carboxylic acids is 2. The van der Waals surface area contributed by atoms with E-state index in [2.05, 4.69) is 4.90 Å². The number of halogens is 1. The van der Waals surface area contributed by atoms with Crippen molar-refractivity contribution in [1.29, 1.82) is 0 Å². The predicted octanol–water partition coefficient (Wildman–Crippen LogP) is 3.85. The standard InChI is InChI=1S/C24H28ClN3O2/c1-18-6-2-3-7-20(18)24(30)27-12-10-19(11-13-27)23(29)28-16-14-26(15-17-28)22-9-5-4-8-21(22)25/h2-9,19H,10-17H2,1H3. The fraction of sp³-hybridized carbons (Fsp3) is 0.417. The Morgan fingerprint density at radius 3 is 2.13 bits per heavy atom. The third-order valence-electron chi connectivity index (χ3n) is 6.29. The molecule has 2 amide bonds. The molecule has 2 fully saturated rings. The van der Waals surface area contributed by atoms with Gasteiger partial charge < -0.3 is 14.7 Å². The van der Waals surface area contributed by atoms with Gasteiger partial charge in [-0.2, -0.15) is 0 Å². The molecule has 4 rings (SSSR count). The lowest BCUT2D eigenvalue weighted by Gasteiger charge is -2.39. The second-order valence-corrected chi connectivity index (χ2v) is 8.55. The van der Waals surface area contributed by atoms with Crippen LogP contribution in [-0.4, -0.2) is 60.9 Å². The number of likely N-dealkylation sites (tertiary alicyclic amines) is 1. The highest BCUT2D eigenvalue weighted by atomic mass is 35.5. The highest BCUT2D eigenvalue weighted by Crippen LogP contribution is 2.27. The monoisotopic (exact) mass is 425 g/mol. The predicted molar refractivity (Wildman–Crippen MR) is 120 cm³/mol. The first-order chi connectivity index (χ1) is 14.5. The molecule has 0 aromatic heterocycles. The van der Waals surface area contributed by atoms with Gasteiger partial charge >= 0.3 is 0 Å². The first kappa shape index (κ1) is 20.7. The Labute approximate surface area is 183 Å². The van der Waals surface area contributed by atoms with Crippen molar-refractivity contribution in [3.8, 4) is 0 Å². The van der Waals surface area contributed by atoms with E-state index in [1.165, 1.54) is 0 Å². The van der Waals surface area contributed by atoms with Gasteiger partial charge in [0.15, 0.2) is 0 Å². The average Bonchev–Trinajstić information content (AvgIpc) is 2.79. The number of piperidine rings is 1. The van der Waals surface area contributed by atoms with E-state index >= 15 is 0 Å². The first-order valence-electron chi connectivity index (χ1n) is 10.7. The fourth-order valence-corrected chi connectivity index (χ4v) is 4.70. The molecule has 0 radical (unpaired) electrons. The molecule has 2 heterocycles. The van der Waals surface area contributed by atoms with Crippen LogP contribution in [0.4, 0.5) is 5.69 Å². The third-order valence-corrected chi connectivity index (χ3v) is 6.61. The molecule has 0 bridgehead atoms. The summed E-state index contributed by atoms with van der Waals surface area (Å²) in [7, 11) is 0. The van der Waals surface area contributed by atoms with Crippen molar-refractivity contribution in [3.63, 3.8) is 0 Å². The van der Waals surface area contributed by atoms with Crippen molar-refractivity contribution in [1.82, 2.24) is 9.80 Å². The number of anilines is 1. The van der Waals surface area contributed by atoms with E-state index in [1.807, 2.05) is 65.3 Å².